The van der Waals surface area contributed by atoms with E-state index in [9.17, 15) is 4.79 Å². The van der Waals surface area contributed by atoms with Gasteiger partial charge in [0, 0.05) is 20.1 Å². The zero-order valence-corrected chi connectivity index (χ0v) is 9.03. The Morgan fingerprint density at radius 3 is 2.43 bits per heavy atom. The summed E-state index contributed by atoms with van der Waals surface area (Å²) in [5.41, 5.74) is 5.77. The molecule has 1 aliphatic rings. The fraction of sp³-hybridized carbons (Fsp3) is 0.900. The van der Waals surface area contributed by atoms with E-state index in [4.69, 9.17) is 10.5 Å². The number of amides is 1. The van der Waals surface area contributed by atoms with Crippen LogP contribution in [0.1, 0.15) is 25.7 Å². The lowest BCUT2D eigenvalue weighted by molar-refractivity contribution is -0.136. The minimum atomic E-state index is 0.0277. The van der Waals surface area contributed by atoms with Crippen molar-refractivity contribution in [1.82, 2.24) is 4.90 Å². The van der Waals surface area contributed by atoms with Crippen molar-refractivity contribution >= 4 is 5.91 Å². The van der Waals surface area contributed by atoms with Gasteiger partial charge in [0.15, 0.2) is 0 Å². The second-order valence-corrected chi connectivity index (χ2v) is 4.14. The Balaban J connectivity index is 2.16. The van der Waals surface area contributed by atoms with Gasteiger partial charge in [-0.2, -0.15) is 0 Å². The highest BCUT2D eigenvalue weighted by atomic mass is 16.5. The Kier molecular flexibility index (Phi) is 4.35. The topological polar surface area (TPSA) is 55.6 Å². The standard InChI is InChI=1S/C10H20N2O2/c1-12(2)10(13)7-14-9-5-3-8(11)4-6-9/h8-9H,3-7,11H2,1-2H3/t8-,9-. The van der Waals surface area contributed by atoms with Crippen molar-refractivity contribution in [2.24, 2.45) is 5.73 Å². The number of ether oxygens (including phenoxy) is 1. The van der Waals surface area contributed by atoms with E-state index in [1.54, 1.807) is 19.0 Å². The summed E-state index contributed by atoms with van der Waals surface area (Å²) in [4.78, 5) is 12.8. The molecule has 0 heterocycles. The summed E-state index contributed by atoms with van der Waals surface area (Å²) in [6, 6.07) is 0.333. The number of nitrogens with zero attached hydrogens (tertiary/aromatic N) is 1. The first-order valence-electron chi connectivity index (χ1n) is 5.17. The number of likely N-dealkylation sites (N-methyl/N-ethyl adjacent to an activating group) is 1. The quantitative estimate of drug-likeness (QED) is 0.715. The summed E-state index contributed by atoms with van der Waals surface area (Å²) in [6.45, 7) is 0.201. The van der Waals surface area contributed by atoms with Crippen LogP contribution in [0.5, 0.6) is 0 Å². The maximum absolute atomic E-state index is 11.2. The van der Waals surface area contributed by atoms with E-state index >= 15 is 0 Å². The summed E-state index contributed by atoms with van der Waals surface area (Å²) >= 11 is 0. The largest absolute Gasteiger partial charge is 0.368 e. The Morgan fingerprint density at radius 2 is 1.93 bits per heavy atom. The third-order valence-corrected chi connectivity index (χ3v) is 2.66. The van der Waals surface area contributed by atoms with E-state index in [1.807, 2.05) is 0 Å². The zero-order chi connectivity index (χ0) is 10.6. The molecule has 4 heteroatoms. The van der Waals surface area contributed by atoms with Gasteiger partial charge in [-0.05, 0) is 25.7 Å². The third-order valence-electron chi connectivity index (χ3n) is 2.66. The molecule has 1 rings (SSSR count). The number of hydrogen-bond acceptors (Lipinski definition) is 3. The van der Waals surface area contributed by atoms with Crippen LogP contribution in [-0.2, 0) is 9.53 Å². The zero-order valence-electron chi connectivity index (χ0n) is 9.03. The lowest BCUT2D eigenvalue weighted by Crippen LogP contribution is -2.33. The van der Waals surface area contributed by atoms with Crippen LogP contribution < -0.4 is 5.73 Å². The van der Waals surface area contributed by atoms with Gasteiger partial charge in [0.2, 0.25) is 5.91 Å². The van der Waals surface area contributed by atoms with E-state index in [1.165, 1.54) is 0 Å². The van der Waals surface area contributed by atoms with Gasteiger partial charge >= 0.3 is 0 Å². The fourth-order valence-corrected chi connectivity index (χ4v) is 1.57. The van der Waals surface area contributed by atoms with Crippen molar-refractivity contribution in [3.8, 4) is 0 Å². The molecule has 0 aromatic heterocycles. The fourth-order valence-electron chi connectivity index (χ4n) is 1.57. The van der Waals surface area contributed by atoms with Crippen molar-refractivity contribution in [2.75, 3.05) is 20.7 Å². The van der Waals surface area contributed by atoms with Crippen LogP contribution in [0.25, 0.3) is 0 Å². The number of carbonyl (C=O) groups excluding carboxylic acids is 1. The van der Waals surface area contributed by atoms with Crippen LogP contribution in [0.3, 0.4) is 0 Å². The molecule has 1 fully saturated rings. The molecule has 0 aromatic rings. The van der Waals surface area contributed by atoms with E-state index < -0.39 is 0 Å². The predicted molar refractivity (Wildman–Crippen MR) is 54.9 cm³/mol. The molecule has 1 saturated carbocycles. The molecule has 0 bridgehead atoms. The van der Waals surface area contributed by atoms with Gasteiger partial charge in [0.05, 0.1) is 6.10 Å². The molecule has 0 saturated heterocycles. The Bertz CT molecular complexity index is 187. The molecular weight excluding hydrogens is 180 g/mol. The van der Waals surface area contributed by atoms with Crippen molar-refractivity contribution in [1.29, 1.82) is 0 Å². The lowest BCUT2D eigenvalue weighted by Gasteiger charge is -2.26. The van der Waals surface area contributed by atoms with Crippen LogP contribution in [0.4, 0.5) is 0 Å². The second-order valence-electron chi connectivity index (χ2n) is 4.14. The molecule has 2 N–H and O–H groups in total. The summed E-state index contributed by atoms with van der Waals surface area (Å²) in [5, 5.41) is 0. The first-order chi connectivity index (χ1) is 6.59. The predicted octanol–water partition coefficient (Wildman–Crippen LogP) is 0.361. The summed E-state index contributed by atoms with van der Waals surface area (Å²) in [5.74, 6) is 0.0277. The molecule has 0 aliphatic heterocycles. The molecule has 14 heavy (non-hydrogen) atoms. The highest BCUT2D eigenvalue weighted by molar-refractivity contribution is 5.76. The minimum absolute atomic E-state index is 0.0277. The number of hydrogen-bond donors (Lipinski definition) is 1. The molecule has 4 nitrogen and oxygen atoms in total. The summed E-state index contributed by atoms with van der Waals surface area (Å²) < 4.78 is 5.51. The van der Waals surface area contributed by atoms with Crippen molar-refractivity contribution < 1.29 is 9.53 Å². The monoisotopic (exact) mass is 200 g/mol. The number of nitrogens with two attached hydrogens (primary N) is 1. The van der Waals surface area contributed by atoms with Gasteiger partial charge in [0.25, 0.3) is 0 Å². The molecule has 0 aromatic carbocycles. The third kappa shape index (κ3) is 3.64. The first-order valence-corrected chi connectivity index (χ1v) is 5.17. The smallest absolute Gasteiger partial charge is 0.248 e. The highest BCUT2D eigenvalue weighted by Crippen LogP contribution is 2.19. The van der Waals surface area contributed by atoms with Gasteiger partial charge in [0.1, 0.15) is 6.61 Å². The highest BCUT2D eigenvalue weighted by Gasteiger charge is 2.19. The van der Waals surface area contributed by atoms with Crippen LogP contribution >= 0.6 is 0 Å². The van der Waals surface area contributed by atoms with Crippen LogP contribution in [-0.4, -0.2) is 43.7 Å². The van der Waals surface area contributed by atoms with Gasteiger partial charge in [-0.1, -0.05) is 0 Å². The van der Waals surface area contributed by atoms with Crippen molar-refractivity contribution in [3.63, 3.8) is 0 Å². The summed E-state index contributed by atoms with van der Waals surface area (Å²) in [6.07, 6.45) is 4.24. The van der Waals surface area contributed by atoms with Crippen LogP contribution in [0.15, 0.2) is 0 Å². The SMILES string of the molecule is CN(C)C(=O)CO[C@H]1CC[C@H](N)CC1. The lowest BCUT2D eigenvalue weighted by atomic mass is 9.94. The second kappa shape index (κ2) is 5.32. The molecule has 1 amide bonds. The molecule has 0 unspecified atom stereocenters. The number of carbonyl (C=O) groups is 1. The maximum atomic E-state index is 11.2. The Hall–Kier alpha value is -0.610. The van der Waals surface area contributed by atoms with Gasteiger partial charge in [-0.25, -0.2) is 0 Å². The van der Waals surface area contributed by atoms with Crippen LogP contribution in [0.2, 0.25) is 0 Å². The van der Waals surface area contributed by atoms with E-state index in [0.717, 1.165) is 25.7 Å². The maximum Gasteiger partial charge on any atom is 0.248 e. The average molecular weight is 200 g/mol. The van der Waals surface area contributed by atoms with Crippen molar-refractivity contribution in [2.45, 2.75) is 37.8 Å². The first kappa shape index (κ1) is 11.5. The van der Waals surface area contributed by atoms with E-state index in [0.29, 0.717) is 6.04 Å². The number of rotatable bonds is 3. The molecular formula is C10H20N2O2. The Labute approximate surface area is 85.4 Å². The van der Waals surface area contributed by atoms with Crippen molar-refractivity contribution in [3.05, 3.63) is 0 Å². The molecule has 0 radical (unpaired) electrons. The molecule has 0 spiro atoms. The summed E-state index contributed by atoms with van der Waals surface area (Å²) in [7, 11) is 3.48. The molecule has 82 valence electrons. The van der Waals surface area contributed by atoms with Crippen LogP contribution in [0, 0.1) is 0 Å². The Morgan fingerprint density at radius 1 is 1.36 bits per heavy atom. The normalized spacial score (nSPS) is 27.4. The van der Waals surface area contributed by atoms with Gasteiger partial charge in [-0.3, -0.25) is 4.79 Å². The van der Waals surface area contributed by atoms with Gasteiger partial charge in [-0.15, -0.1) is 0 Å². The minimum Gasteiger partial charge on any atom is -0.368 e. The molecule has 0 atom stereocenters. The van der Waals surface area contributed by atoms with E-state index in [-0.39, 0.29) is 18.6 Å². The van der Waals surface area contributed by atoms with E-state index in [2.05, 4.69) is 0 Å². The molecule has 1 aliphatic carbocycles. The average Bonchev–Trinajstić information content (AvgIpc) is 2.16. The van der Waals surface area contributed by atoms with Gasteiger partial charge < -0.3 is 15.4 Å².